The molecule has 0 atom stereocenters. The SMILES string of the molecule is Cc1ccc(S(=O)(=O)NCCCCN(CCCN(CCCN(CCCCNS(=O)(=O)c2ccc(C)cc2)S(=O)(=O)c2ccc(C)cc2)Cc2ccccc2)S(=O)(=O)c2ccc(C)cc2)cc1. The van der Waals surface area contributed by atoms with Crippen LogP contribution in [0.4, 0.5) is 0 Å². The monoisotopic (exact) mass is 979 g/mol. The molecule has 0 aliphatic carbocycles. The maximum atomic E-state index is 14.1. The second-order valence-corrected chi connectivity index (χ2v) is 24.1. The van der Waals surface area contributed by atoms with Gasteiger partial charge in [0.15, 0.2) is 0 Å². The molecule has 17 heteroatoms. The number of hydrogen-bond donors (Lipinski definition) is 2. The predicted octanol–water partition coefficient (Wildman–Crippen LogP) is 7.40. The molecule has 66 heavy (non-hydrogen) atoms. The molecule has 0 heterocycles. The van der Waals surface area contributed by atoms with Crippen LogP contribution < -0.4 is 9.44 Å². The van der Waals surface area contributed by atoms with Gasteiger partial charge in [-0.05, 0) is 133 Å². The van der Waals surface area contributed by atoms with Gasteiger partial charge in [-0.1, -0.05) is 101 Å². The smallest absolute Gasteiger partial charge is 0.243 e. The Balaban J connectivity index is 1.24. The standard InChI is InChI=1S/C49H65N5O8S4/c1-41-16-24-46(25-17-41)63(55,56)50-32-8-10-36-53(65(59,60)48-28-20-43(3)21-29-48)38-12-34-52(40-45-14-6-5-7-15-45)35-13-39-54(66(61,62)49-30-22-44(4)23-31-49)37-11-9-33-51-64(57,58)47-26-18-42(2)19-27-47/h5-7,14-31,50-51H,8-13,32-40H2,1-4H3. The van der Waals surface area contributed by atoms with Gasteiger partial charge in [0.25, 0.3) is 0 Å². The van der Waals surface area contributed by atoms with Crippen LogP contribution in [-0.2, 0) is 46.6 Å². The molecule has 0 amide bonds. The van der Waals surface area contributed by atoms with E-state index in [0.717, 1.165) is 27.8 Å². The van der Waals surface area contributed by atoms with Crippen molar-refractivity contribution in [3.05, 3.63) is 155 Å². The summed E-state index contributed by atoms with van der Waals surface area (Å²) >= 11 is 0. The molecular weight excluding hydrogens is 915 g/mol. The maximum absolute atomic E-state index is 14.1. The molecule has 5 rings (SSSR count). The third-order valence-electron chi connectivity index (χ3n) is 11.2. The number of benzene rings is 5. The third kappa shape index (κ3) is 15.9. The third-order valence-corrected chi connectivity index (χ3v) is 18.0. The van der Waals surface area contributed by atoms with E-state index in [-0.39, 0.29) is 58.9 Å². The molecule has 0 saturated heterocycles. The van der Waals surface area contributed by atoms with Gasteiger partial charge in [-0.25, -0.2) is 43.1 Å². The van der Waals surface area contributed by atoms with E-state index in [9.17, 15) is 33.7 Å². The summed E-state index contributed by atoms with van der Waals surface area (Å²) in [5, 5.41) is 0. The molecular formula is C49H65N5O8S4. The van der Waals surface area contributed by atoms with Crippen LogP contribution in [0.2, 0.25) is 0 Å². The van der Waals surface area contributed by atoms with Gasteiger partial charge in [0.2, 0.25) is 40.1 Å². The Labute approximate surface area is 394 Å². The normalized spacial score (nSPS) is 12.7. The highest BCUT2D eigenvalue weighted by molar-refractivity contribution is 7.90. The summed E-state index contributed by atoms with van der Waals surface area (Å²) in [4.78, 5) is 2.94. The van der Waals surface area contributed by atoms with E-state index in [4.69, 9.17) is 0 Å². The lowest BCUT2D eigenvalue weighted by molar-refractivity contribution is 0.239. The van der Waals surface area contributed by atoms with Gasteiger partial charge in [0, 0.05) is 45.8 Å². The first kappa shape index (κ1) is 52.7. The van der Waals surface area contributed by atoms with Gasteiger partial charge in [-0.2, -0.15) is 8.61 Å². The second kappa shape index (κ2) is 24.6. The predicted molar refractivity (Wildman–Crippen MR) is 262 cm³/mol. The van der Waals surface area contributed by atoms with Crippen molar-refractivity contribution in [2.75, 3.05) is 52.4 Å². The number of nitrogens with one attached hydrogen (secondary N) is 2. The van der Waals surface area contributed by atoms with E-state index >= 15 is 0 Å². The minimum absolute atomic E-state index is 0.156. The van der Waals surface area contributed by atoms with E-state index in [1.165, 1.54) is 8.61 Å². The largest absolute Gasteiger partial charge is 0.299 e. The summed E-state index contributed by atoms with van der Waals surface area (Å²) in [6.07, 6.45) is 2.69. The van der Waals surface area contributed by atoms with Gasteiger partial charge in [-0.15, -0.1) is 0 Å². The van der Waals surface area contributed by atoms with Crippen molar-refractivity contribution in [1.29, 1.82) is 0 Å². The first-order chi connectivity index (χ1) is 31.4. The van der Waals surface area contributed by atoms with E-state index in [0.29, 0.717) is 58.2 Å². The van der Waals surface area contributed by atoms with Crippen LogP contribution in [0.15, 0.2) is 147 Å². The minimum Gasteiger partial charge on any atom is -0.299 e. The van der Waals surface area contributed by atoms with Crippen LogP contribution in [0.25, 0.3) is 0 Å². The van der Waals surface area contributed by atoms with Crippen LogP contribution in [0.3, 0.4) is 0 Å². The van der Waals surface area contributed by atoms with E-state index < -0.39 is 40.1 Å². The molecule has 358 valence electrons. The molecule has 0 bridgehead atoms. The van der Waals surface area contributed by atoms with Crippen LogP contribution >= 0.6 is 0 Å². The summed E-state index contributed by atoms with van der Waals surface area (Å²) in [7, 11) is -15.2. The molecule has 2 N–H and O–H groups in total. The van der Waals surface area contributed by atoms with E-state index in [2.05, 4.69) is 14.3 Å². The zero-order chi connectivity index (χ0) is 47.8. The maximum Gasteiger partial charge on any atom is 0.243 e. The zero-order valence-electron chi connectivity index (χ0n) is 38.5. The van der Waals surface area contributed by atoms with E-state index in [1.54, 1.807) is 97.1 Å². The lowest BCUT2D eigenvalue weighted by Gasteiger charge is -2.27. The highest BCUT2D eigenvalue weighted by atomic mass is 32.2. The van der Waals surface area contributed by atoms with Crippen LogP contribution in [0.5, 0.6) is 0 Å². The molecule has 13 nitrogen and oxygen atoms in total. The van der Waals surface area contributed by atoms with Crippen LogP contribution in [0.1, 0.15) is 66.3 Å². The molecule has 5 aromatic rings. The lowest BCUT2D eigenvalue weighted by atomic mass is 10.2. The van der Waals surface area contributed by atoms with Crippen molar-refractivity contribution in [1.82, 2.24) is 23.0 Å². The Morgan fingerprint density at radius 2 is 0.682 bits per heavy atom. The first-order valence-corrected chi connectivity index (χ1v) is 28.2. The molecule has 0 fully saturated rings. The lowest BCUT2D eigenvalue weighted by Crippen LogP contribution is -2.37. The van der Waals surface area contributed by atoms with Crippen molar-refractivity contribution < 1.29 is 33.7 Å². The number of sulfonamides is 4. The summed E-state index contributed by atoms with van der Waals surface area (Å²) in [6.45, 7) is 10.3. The van der Waals surface area contributed by atoms with Gasteiger partial charge < -0.3 is 0 Å². The number of rotatable bonds is 28. The van der Waals surface area contributed by atoms with Crippen molar-refractivity contribution in [2.45, 2.75) is 92.3 Å². The fourth-order valence-corrected chi connectivity index (χ4v) is 12.5. The van der Waals surface area contributed by atoms with E-state index in [1.807, 2.05) is 58.0 Å². The number of hydrogen-bond acceptors (Lipinski definition) is 9. The molecule has 0 spiro atoms. The average molecular weight is 980 g/mol. The van der Waals surface area contributed by atoms with Crippen molar-refractivity contribution in [3.63, 3.8) is 0 Å². The highest BCUT2D eigenvalue weighted by Gasteiger charge is 2.26. The topological polar surface area (TPSA) is 170 Å². The Hall–Kier alpha value is -4.30. The Morgan fingerprint density at radius 3 is 1.03 bits per heavy atom. The molecule has 0 aliphatic rings. The van der Waals surface area contributed by atoms with Gasteiger partial charge >= 0.3 is 0 Å². The summed E-state index contributed by atoms with van der Waals surface area (Å²) < 4.78 is 116. The molecule has 0 unspecified atom stereocenters. The van der Waals surface area contributed by atoms with Crippen LogP contribution in [0, 0.1) is 27.7 Å². The molecule has 0 aromatic heterocycles. The van der Waals surface area contributed by atoms with Gasteiger partial charge in [0.05, 0.1) is 19.6 Å². The second-order valence-electron chi connectivity index (χ2n) is 16.7. The summed E-state index contributed by atoms with van der Waals surface area (Å²) in [6, 6.07) is 36.6. The molecule has 0 saturated carbocycles. The number of unbranched alkanes of at least 4 members (excludes halogenated alkanes) is 2. The molecule has 0 aliphatic heterocycles. The average Bonchev–Trinajstić information content (AvgIpc) is 3.28. The first-order valence-electron chi connectivity index (χ1n) is 22.4. The Kier molecular flexibility index (Phi) is 19.7. The van der Waals surface area contributed by atoms with Crippen molar-refractivity contribution >= 4 is 40.1 Å². The van der Waals surface area contributed by atoms with Crippen LogP contribution in [-0.4, -0.2) is 99.5 Å². The quantitative estimate of drug-likeness (QED) is 0.0485. The van der Waals surface area contributed by atoms with Crippen molar-refractivity contribution in [3.8, 4) is 0 Å². The summed E-state index contributed by atoms with van der Waals surface area (Å²) in [5.74, 6) is 0. The van der Waals surface area contributed by atoms with Crippen molar-refractivity contribution in [2.24, 2.45) is 0 Å². The highest BCUT2D eigenvalue weighted by Crippen LogP contribution is 2.21. The fourth-order valence-electron chi connectivity index (χ4n) is 7.32. The zero-order valence-corrected chi connectivity index (χ0v) is 41.7. The summed E-state index contributed by atoms with van der Waals surface area (Å²) in [5.41, 5.74) is 4.83. The number of aryl methyl sites for hydroxylation is 4. The molecule has 5 aromatic carbocycles. The fraction of sp³-hybridized carbons (Fsp3) is 0.388. The Morgan fingerprint density at radius 1 is 0.364 bits per heavy atom. The minimum atomic E-state index is -3.88. The molecule has 0 radical (unpaired) electrons. The van der Waals surface area contributed by atoms with Gasteiger partial charge in [-0.3, -0.25) is 4.90 Å². The van der Waals surface area contributed by atoms with Gasteiger partial charge in [0.1, 0.15) is 0 Å². The Bertz CT molecular complexity index is 2550. The number of nitrogens with zero attached hydrogens (tertiary/aromatic N) is 3.